The van der Waals surface area contributed by atoms with E-state index in [4.69, 9.17) is 5.11 Å². The number of hydrogen-bond acceptors (Lipinski definition) is 4. The first kappa shape index (κ1) is 9.48. The van der Waals surface area contributed by atoms with E-state index in [1.54, 1.807) is 11.3 Å². The average Bonchev–Trinajstić information content (AvgIpc) is 2.31. The van der Waals surface area contributed by atoms with Crippen LogP contribution in [0.1, 0.15) is 17.5 Å². The summed E-state index contributed by atoms with van der Waals surface area (Å²) in [4.78, 5) is 5.52. The summed E-state index contributed by atoms with van der Waals surface area (Å²) in [5, 5.41) is 12.8. The number of anilines is 1. The molecule has 0 aliphatic heterocycles. The summed E-state index contributed by atoms with van der Waals surface area (Å²) in [6.45, 7) is 6.09. The van der Waals surface area contributed by atoms with E-state index in [9.17, 15) is 0 Å². The molecule has 12 heavy (non-hydrogen) atoms. The standard InChI is InChI=1S/C8H14N2OS/c1-5(4-11)9-8-10-6(2)7(3)12-8/h5,11H,4H2,1-3H3,(H,9,10). The molecule has 1 heterocycles. The van der Waals surface area contributed by atoms with Gasteiger partial charge in [-0.2, -0.15) is 0 Å². The summed E-state index contributed by atoms with van der Waals surface area (Å²) in [6.07, 6.45) is 0. The smallest absolute Gasteiger partial charge is 0.183 e. The summed E-state index contributed by atoms with van der Waals surface area (Å²) in [6, 6.07) is 0.0787. The van der Waals surface area contributed by atoms with E-state index in [1.807, 2.05) is 20.8 Å². The summed E-state index contributed by atoms with van der Waals surface area (Å²) in [7, 11) is 0. The zero-order valence-electron chi connectivity index (χ0n) is 7.59. The SMILES string of the molecule is Cc1nc(NC(C)CO)sc1C. The lowest BCUT2D eigenvalue weighted by atomic mass is 10.4. The first-order valence-corrected chi connectivity index (χ1v) is 4.76. The molecule has 0 radical (unpaired) electrons. The number of rotatable bonds is 3. The fourth-order valence-corrected chi connectivity index (χ4v) is 1.72. The van der Waals surface area contributed by atoms with Crippen molar-refractivity contribution in [3.8, 4) is 0 Å². The molecule has 1 rings (SSSR count). The minimum Gasteiger partial charge on any atom is -0.394 e. The van der Waals surface area contributed by atoms with E-state index in [2.05, 4.69) is 10.3 Å². The van der Waals surface area contributed by atoms with Crippen LogP contribution in [0.2, 0.25) is 0 Å². The lowest BCUT2D eigenvalue weighted by Gasteiger charge is -2.07. The Labute approximate surface area is 76.5 Å². The molecule has 1 unspecified atom stereocenters. The molecule has 2 N–H and O–H groups in total. The van der Waals surface area contributed by atoms with Gasteiger partial charge in [0.1, 0.15) is 0 Å². The van der Waals surface area contributed by atoms with Gasteiger partial charge >= 0.3 is 0 Å². The molecule has 4 heteroatoms. The Morgan fingerprint density at radius 2 is 2.25 bits per heavy atom. The first-order chi connectivity index (χ1) is 5.63. The summed E-state index contributed by atoms with van der Waals surface area (Å²) in [5.74, 6) is 0. The summed E-state index contributed by atoms with van der Waals surface area (Å²) >= 11 is 1.62. The van der Waals surface area contributed by atoms with Crippen LogP contribution in [0.4, 0.5) is 5.13 Å². The van der Waals surface area contributed by atoms with E-state index in [-0.39, 0.29) is 12.6 Å². The predicted molar refractivity (Wildman–Crippen MR) is 51.8 cm³/mol. The highest BCUT2D eigenvalue weighted by Gasteiger charge is 2.05. The van der Waals surface area contributed by atoms with Gasteiger partial charge < -0.3 is 10.4 Å². The molecule has 3 nitrogen and oxygen atoms in total. The third-order valence-corrected chi connectivity index (χ3v) is 2.68. The van der Waals surface area contributed by atoms with Gasteiger partial charge in [-0.15, -0.1) is 11.3 Å². The van der Waals surface area contributed by atoms with Crippen LogP contribution in [0, 0.1) is 13.8 Å². The van der Waals surface area contributed by atoms with Crippen LogP contribution in [-0.2, 0) is 0 Å². The zero-order chi connectivity index (χ0) is 9.14. The Hall–Kier alpha value is -0.610. The van der Waals surface area contributed by atoms with Crippen LogP contribution in [0.15, 0.2) is 0 Å². The molecule has 0 aromatic carbocycles. The monoisotopic (exact) mass is 186 g/mol. The van der Waals surface area contributed by atoms with Crippen molar-refractivity contribution in [3.63, 3.8) is 0 Å². The van der Waals surface area contributed by atoms with Crippen molar-refractivity contribution in [2.24, 2.45) is 0 Å². The van der Waals surface area contributed by atoms with Crippen molar-refractivity contribution in [2.45, 2.75) is 26.8 Å². The van der Waals surface area contributed by atoms with E-state index in [0.717, 1.165) is 10.8 Å². The van der Waals surface area contributed by atoms with Gasteiger partial charge in [0.25, 0.3) is 0 Å². The van der Waals surface area contributed by atoms with Crippen molar-refractivity contribution < 1.29 is 5.11 Å². The number of aromatic nitrogens is 1. The van der Waals surface area contributed by atoms with Crippen LogP contribution < -0.4 is 5.32 Å². The second-order valence-corrected chi connectivity index (χ2v) is 4.09. The molecule has 0 saturated heterocycles. The van der Waals surface area contributed by atoms with E-state index in [1.165, 1.54) is 4.88 Å². The third-order valence-electron chi connectivity index (χ3n) is 1.67. The number of hydrogen-bond donors (Lipinski definition) is 2. The highest BCUT2D eigenvalue weighted by molar-refractivity contribution is 7.15. The normalized spacial score (nSPS) is 13.0. The Morgan fingerprint density at radius 1 is 1.58 bits per heavy atom. The fraction of sp³-hybridized carbons (Fsp3) is 0.625. The molecule has 0 aliphatic carbocycles. The quantitative estimate of drug-likeness (QED) is 0.753. The lowest BCUT2D eigenvalue weighted by Crippen LogP contribution is -2.18. The largest absolute Gasteiger partial charge is 0.394 e. The van der Waals surface area contributed by atoms with Crippen LogP contribution in [0.3, 0.4) is 0 Å². The maximum Gasteiger partial charge on any atom is 0.183 e. The lowest BCUT2D eigenvalue weighted by molar-refractivity contribution is 0.281. The molecule has 68 valence electrons. The van der Waals surface area contributed by atoms with Gasteiger partial charge in [-0.25, -0.2) is 4.98 Å². The number of nitrogens with one attached hydrogen (secondary N) is 1. The topological polar surface area (TPSA) is 45.2 Å². The Bertz CT molecular complexity index is 240. The van der Waals surface area contributed by atoms with Crippen LogP contribution >= 0.6 is 11.3 Å². The maximum atomic E-state index is 8.79. The second-order valence-electron chi connectivity index (χ2n) is 2.89. The van der Waals surface area contributed by atoms with Crippen molar-refractivity contribution in [3.05, 3.63) is 10.6 Å². The van der Waals surface area contributed by atoms with Crippen LogP contribution in [-0.4, -0.2) is 22.7 Å². The highest BCUT2D eigenvalue weighted by atomic mass is 32.1. The molecule has 0 spiro atoms. The molecule has 0 aliphatic rings. The van der Waals surface area contributed by atoms with Gasteiger partial charge in [-0.05, 0) is 20.8 Å². The van der Waals surface area contributed by atoms with Gasteiger partial charge in [0, 0.05) is 10.9 Å². The Kier molecular flexibility index (Phi) is 3.05. The maximum absolute atomic E-state index is 8.79. The molecule has 0 amide bonds. The molecule has 1 aromatic heterocycles. The van der Waals surface area contributed by atoms with Crippen molar-refractivity contribution in [1.82, 2.24) is 4.98 Å². The molecule has 1 aromatic rings. The number of nitrogens with zero attached hydrogens (tertiary/aromatic N) is 1. The van der Waals surface area contributed by atoms with Gasteiger partial charge in [-0.1, -0.05) is 0 Å². The average molecular weight is 186 g/mol. The molecular formula is C8H14N2OS. The van der Waals surface area contributed by atoms with Crippen molar-refractivity contribution in [2.75, 3.05) is 11.9 Å². The highest BCUT2D eigenvalue weighted by Crippen LogP contribution is 2.21. The van der Waals surface area contributed by atoms with Gasteiger partial charge in [0.05, 0.1) is 12.3 Å². The van der Waals surface area contributed by atoms with E-state index in [0.29, 0.717) is 0 Å². The summed E-state index contributed by atoms with van der Waals surface area (Å²) < 4.78 is 0. The second kappa shape index (κ2) is 3.87. The number of thiazole rings is 1. The predicted octanol–water partition coefficient (Wildman–Crippen LogP) is 1.55. The van der Waals surface area contributed by atoms with Gasteiger partial charge in [0.2, 0.25) is 0 Å². The summed E-state index contributed by atoms with van der Waals surface area (Å²) in [5.41, 5.74) is 1.06. The molecular weight excluding hydrogens is 172 g/mol. The zero-order valence-corrected chi connectivity index (χ0v) is 8.40. The molecule has 1 atom stereocenters. The fourth-order valence-electron chi connectivity index (χ4n) is 0.791. The molecule has 0 saturated carbocycles. The third kappa shape index (κ3) is 2.19. The minimum atomic E-state index is 0.0787. The minimum absolute atomic E-state index is 0.0787. The molecule has 0 bridgehead atoms. The number of aliphatic hydroxyl groups excluding tert-OH is 1. The van der Waals surface area contributed by atoms with Crippen LogP contribution in [0.5, 0.6) is 0 Å². The van der Waals surface area contributed by atoms with Crippen molar-refractivity contribution in [1.29, 1.82) is 0 Å². The van der Waals surface area contributed by atoms with E-state index >= 15 is 0 Å². The molecule has 0 fully saturated rings. The first-order valence-electron chi connectivity index (χ1n) is 3.95. The Morgan fingerprint density at radius 3 is 2.67 bits per heavy atom. The Balaban J connectivity index is 2.64. The van der Waals surface area contributed by atoms with E-state index < -0.39 is 0 Å². The number of aliphatic hydroxyl groups is 1. The van der Waals surface area contributed by atoms with Gasteiger partial charge in [-0.3, -0.25) is 0 Å². The number of aryl methyl sites for hydroxylation is 2. The van der Waals surface area contributed by atoms with Crippen molar-refractivity contribution >= 4 is 16.5 Å². The van der Waals surface area contributed by atoms with Gasteiger partial charge in [0.15, 0.2) is 5.13 Å². The van der Waals surface area contributed by atoms with Crippen LogP contribution in [0.25, 0.3) is 0 Å².